The minimum Gasteiger partial charge on any atom is -0.497 e. The molecule has 0 bridgehead atoms. The lowest BCUT2D eigenvalue weighted by Gasteiger charge is -2.25. The van der Waals surface area contributed by atoms with Gasteiger partial charge >= 0.3 is 0 Å². The van der Waals surface area contributed by atoms with Crippen LogP contribution in [0.2, 0.25) is 0 Å². The maximum Gasteiger partial charge on any atom is 0.194 e. The van der Waals surface area contributed by atoms with Crippen LogP contribution < -0.4 is 4.74 Å². The standard InChI is InChI=1S/C22H19BrO5/c1-22(2)27-16-8-14-17(21(16)28-22)10(9-23)6-15-18(14)20(25)13-7-11(26-3)4-5-12(13)19(15)24/h4-7,16,21H,8-9H2,1-3H3. The van der Waals surface area contributed by atoms with E-state index in [0.717, 1.165) is 16.7 Å². The SMILES string of the molecule is COc1ccc2c(c1)C(=O)c1c(cc(CBr)c3c1CC1OC(C)(C)OC31)C2=O. The molecule has 5 nitrogen and oxygen atoms in total. The molecule has 28 heavy (non-hydrogen) atoms. The molecule has 2 atom stereocenters. The zero-order chi connectivity index (χ0) is 19.8. The van der Waals surface area contributed by atoms with E-state index in [-0.39, 0.29) is 23.8 Å². The number of carbonyl (C=O) groups is 2. The first-order chi connectivity index (χ1) is 13.3. The van der Waals surface area contributed by atoms with E-state index in [1.165, 1.54) is 0 Å². The van der Waals surface area contributed by atoms with Crippen LogP contribution in [0.4, 0.5) is 0 Å². The van der Waals surface area contributed by atoms with Crippen LogP contribution in [-0.2, 0) is 21.2 Å². The van der Waals surface area contributed by atoms with Crippen molar-refractivity contribution in [3.8, 4) is 5.75 Å². The highest BCUT2D eigenvalue weighted by Crippen LogP contribution is 2.50. The number of carbonyl (C=O) groups excluding carboxylic acids is 2. The summed E-state index contributed by atoms with van der Waals surface area (Å²) in [6.07, 6.45) is 0.187. The molecular formula is C22H19BrO5. The molecular weight excluding hydrogens is 424 g/mol. The summed E-state index contributed by atoms with van der Waals surface area (Å²) in [4.78, 5) is 26.6. The van der Waals surface area contributed by atoms with Crippen molar-refractivity contribution < 1.29 is 23.8 Å². The van der Waals surface area contributed by atoms with Gasteiger partial charge < -0.3 is 14.2 Å². The Kier molecular flexibility index (Phi) is 3.86. The predicted octanol–water partition coefficient (Wildman–Crippen LogP) is 4.11. The Hall–Kier alpha value is -2.02. The zero-order valence-electron chi connectivity index (χ0n) is 15.8. The van der Waals surface area contributed by atoms with Crippen LogP contribution in [-0.4, -0.2) is 30.6 Å². The molecule has 144 valence electrons. The fourth-order valence-electron chi connectivity index (χ4n) is 4.68. The first-order valence-corrected chi connectivity index (χ1v) is 10.3. The van der Waals surface area contributed by atoms with Crippen molar-refractivity contribution in [2.75, 3.05) is 7.11 Å². The second-order valence-electron chi connectivity index (χ2n) is 7.85. The monoisotopic (exact) mass is 442 g/mol. The average Bonchev–Trinajstić information content (AvgIpc) is 3.16. The summed E-state index contributed by atoms with van der Waals surface area (Å²) in [6, 6.07) is 6.87. The van der Waals surface area contributed by atoms with Gasteiger partial charge in [-0.1, -0.05) is 15.9 Å². The van der Waals surface area contributed by atoms with Crippen molar-refractivity contribution in [2.24, 2.45) is 0 Å². The highest BCUT2D eigenvalue weighted by molar-refractivity contribution is 9.08. The van der Waals surface area contributed by atoms with Crippen LogP contribution >= 0.6 is 15.9 Å². The van der Waals surface area contributed by atoms with Gasteiger partial charge in [-0.25, -0.2) is 0 Å². The van der Waals surface area contributed by atoms with E-state index in [9.17, 15) is 9.59 Å². The predicted molar refractivity (Wildman–Crippen MR) is 105 cm³/mol. The zero-order valence-corrected chi connectivity index (χ0v) is 17.4. The number of fused-ring (bicyclic) bond motifs is 6. The molecule has 1 saturated heterocycles. The molecule has 2 aliphatic carbocycles. The van der Waals surface area contributed by atoms with E-state index in [0.29, 0.717) is 39.8 Å². The van der Waals surface area contributed by atoms with Crippen LogP contribution in [0.15, 0.2) is 24.3 Å². The Morgan fingerprint density at radius 1 is 1.11 bits per heavy atom. The number of methoxy groups -OCH3 is 1. The highest BCUT2D eigenvalue weighted by atomic mass is 79.9. The van der Waals surface area contributed by atoms with E-state index >= 15 is 0 Å². The Bertz CT molecular complexity index is 1060. The van der Waals surface area contributed by atoms with Gasteiger partial charge in [0.25, 0.3) is 0 Å². The third-order valence-electron chi connectivity index (χ3n) is 5.77. The number of hydrogen-bond donors (Lipinski definition) is 0. The van der Waals surface area contributed by atoms with E-state index in [4.69, 9.17) is 14.2 Å². The molecule has 0 N–H and O–H groups in total. The number of benzene rings is 2. The second-order valence-corrected chi connectivity index (χ2v) is 8.41. The maximum absolute atomic E-state index is 13.4. The minimum absolute atomic E-state index is 0.128. The lowest BCUT2D eigenvalue weighted by atomic mass is 9.79. The Balaban J connectivity index is 1.73. The number of alkyl halides is 1. The van der Waals surface area contributed by atoms with E-state index < -0.39 is 5.79 Å². The fourth-order valence-corrected chi connectivity index (χ4v) is 5.14. The molecule has 1 aliphatic heterocycles. The van der Waals surface area contributed by atoms with Gasteiger partial charge in [-0.3, -0.25) is 9.59 Å². The molecule has 3 aliphatic rings. The quantitative estimate of drug-likeness (QED) is 0.558. The number of halogens is 1. The van der Waals surface area contributed by atoms with Crippen molar-refractivity contribution >= 4 is 27.5 Å². The molecule has 0 amide bonds. The van der Waals surface area contributed by atoms with Gasteiger partial charge in [0.15, 0.2) is 17.4 Å². The van der Waals surface area contributed by atoms with Crippen molar-refractivity contribution in [3.63, 3.8) is 0 Å². The van der Waals surface area contributed by atoms with Gasteiger partial charge in [0.2, 0.25) is 0 Å². The molecule has 0 saturated carbocycles. The van der Waals surface area contributed by atoms with Gasteiger partial charge in [-0.05, 0) is 54.8 Å². The lowest BCUT2D eigenvalue weighted by molar-refractivity contribution is -0.148. The smallest absolute Gasteiger partial charge is 0.194 e. The first kappa shape index (κ1) is 18.0. The van der Waals surface area contributed by atoms with E-state index in [2.05, 4.69) is 15.9 Å². The fraction of sp³-hybridized carbons (Fsp3) is 0.364. The third-order valence-corrected chi connectivity index (χ3v) is 6.37. The lowest BCUT2D eigenvalue weighted by Crippen LogP contribution is -2.26. The van der Waals surface area contributed by atoms with Crippen LogP contribution in [0.1, 0.15) is 68.5 Å². The third kappa shape index (κ3) is 2.38. The van der Waals surface area contributed by atoms with Gasteiger partial charge in [0.05, 0.1) is 13.2 Å². The number of ketones is 2. The van der Waals surface area contributed by atoms with Gasteiger partial charge in [0, 0.05) is 34.0 Å². The molecule has 0 aromatic heterocycles. The Morgan fingerprint density at radius 2 is 1.89 bits per heavy atom. The first-order valence-electron chi connectivity index (χ1n) is 9.22. The van der Waals surface area contributed by atoms with Crippen LogP contribution in [0.25, 0.3) is 0 Å². The normalized spacial score (nSPS) is 23.9. The van der Waals surface area contributed by atoms with Gasteiger partial charge in [-0.15, -0.1) is 0 Å². The van der Waals surface area contributed by atoms with Gasteiger partial charge in [-0.2, -0.15) is 0 Å². The summed E-state index contributed by atoms with van der Waals surface area (Å²) in [6.45, 7) is 3.79. The highest BCUT2D eigenvalue weighted by Gasteiger charge is 2.50. The molecule has 2 aromatic carbocycles. The Labute approximate surface area is 171 Å². The van der Waals surface area contributed by atoms with Gasteiger partial charge in [0.1, 0.15) is 11.9 Å². The van der Waals surface area contributed by atoms with Crippen molar-refractivity contribution in [3.05, 3.63) is 63.2 Å². The summed E-state index contributed by atoms with van der Waals surface area (Å²) in [5.41, 5.74) is 4.61. The summed E-state index contributed by atoms with van der Waals surface area (Å²) < 4.78 is 17.5. The summed E-state index contributed by atoms with van der Waals surface area (Å²) in [7, 11) is 1.54. The molecule has 5 rings (SSSR count). The molecule has 6 heteroatoms. The number of ether oxygens (including phenoxy) is 3. The number of rotatable bonds is 2. The molecule has 0 radical (unpaired) electrons. The maximum atomic E-state index is 13.4. The van der Waals surface area contributed by atoms with Crippen molar-refractivity contribution in [1.29, 1.82) is 0 Å². The van der Waals surface area contributed by atoms with E-state index in [1.54, 1.807) is 25.3 Å². The molecule has 1 heterocycles. The van der Waals surface area contributed by atoms with Crippen LogP contribution in [0.3, 0.4) is 0 Å². The molecule has 1 fully saturated rings. The topological polar surface area (TPSA) is 61.8 Å². The van der Waals surface area contributed by atoms with Crippen molar-refractivity contribution in [1.82, 2.24) is 0 Å². The average molecular weight is 443 g/mol. The molecule has 2 aromatic rings. The van der Waals surface area contributed by atoms with E-state index in [1.807, 2.05) is 19.9 Å². The Morgan fingerprint density at radius 3 is 2.61 bits per heavy atom. The minimum atomic E-state index is -0.660. The molecule has 0 spiro atoms. The molecule has 2 unspecified atom stereocenters. The summed E-state index contributed by atoms with van der Waals surface area (Å²) in [5.74, 6) is -0.370. The summed E-state index contributed by atoms with van der Waals surface area (Å²) in [5, 5.41) is 0.576. The number of hydrogen-bond acceptors (Lipinski definition) is 5. The van der Waals surface area contributed by atoms with Crippen molar-refractivity contribution in [2.45, 2.75) is 43.6 Å². The van der Waals surface area contributed by atoms with Crippen LogP contribution in [0.5, 0.6) is 5.75 Å². The summed E-state index contributed by atoms with van der Waals surface area (Å²) >= 11 is 3.54. The largest absolute Gasteiger partial charge is 0.497 e. The van der Waals surface area contributed by atoms with Crippen LogP contribution in [0, 0.1) is 0 Å². The second kappa shape index (κ2) is 5.99.